The molecule has 2 N–H and O–H groups in total. The zero-order valence-electron chi connectivity index (χ0n) is 13.2. The number of fused-ring (bicyclic) bond motifs is 1. The monoisotopic (exact) mass is 325 g/mol. The smallest absolute Gasteiger partial charge is 0.335 e. The molecule has 3 rings (SSSR count). The molecule has 124 valence electrons. The Bertz CT molecular complexity index is 757. The van der Waals surface area contributed by atoms with Gasteiger partial charge in [0.05, 0.1) is 18.1 Å². The molecule has 5 nitrogen and oxygen atoms in total. The number of carboxylic acid groups (broad SMARTS) is 1. The summed E-state index contributed by atoms with van der Waals surface area (Å²) in [5.74, 6) is -0.377. The first kappa shape index (κ1) is 16.1. The van der Waals surface area contributed by atoms with Gasteiger partial charge in [0.25, 0.3) is 0 Å². The second-order valence-electron chi connectivity index (χ2n) is 5.77. The van der Waals surface area contributed by atoms with Gasteiger partial charge in [0.2, 0.25) is 5.91 Å². The van der Waals surface area contributed by atoms with Crippen LogP contribution in [0, 0.1) is 0 Å². The number of ether oxygens (including phenoxy) is 1. The summed E-state index contributed by atoms with van der Waals surface area (Å²) in [4.78, 5) is 23.4. The fourth-order valence-electron chi connectivity index (χ4n) is 2.93. The second kappa shape index (κ2) is 7.17. The quantitative estimate of drug-likeness (QED) is 0.886. The zero-order chi connectivity index (χ0) is 16.9. The summed E-state index contributed by atoms with van der Waals surface area (Å²) in [6.45, 7) is 1.01. The van der Waals surface area contributed by atoms with Crippen molar-refractivity contribution in [2.75, 3.05) is 13.2 Å². The molecule has 0 saturated carbocycles. The summed E-state index contributed by atoms with van der Waals surface area (Å²) in [5, 5.41) is 12.0. The van der Waals surface area contributed by atoms with Crippen LogP contribution in [0.2, 0.25) is 0 Å². The molecule has 0 saturated heterocycles. The lowest BCUT2D eigenvalue weighted by Crippen LogP contribution is -2.33. The number of rotatable bonds is 5. The van der Waals surface area contributed by atoms with Gasteiger partial charge in [0.1, 0.15) is 5.75 Å². The van der Waals surface area contributed by atoms with Crippen LogP contribution in [0.3, 0.4) is 0 Å². The van der Waals surface area contributed by atoms with Crippen molar-refractivity contribution < 1.29 is 19.4 Å². The third-order valence-electron chi connectivity index (χ3n) is 4.16. The number of aromatic carboxylic acids is 1. The molecule has 0 unspecified atom stereocenters. The molecule has 1 heterocycles. The number of nitrogens with one attached hydrogen (secondary N) is 1. The Morgan fingerprint density at radius 2 is 2.00 bits per heavy atom. The minimum atomic E-state index is -0.945. The molecule has 2 aromatic carbocycles. The lowest BCUT2D eigenvalue weighted by Gasteiger charge is -2.25. The average Bonchev–Trinajstić information content (AvgIpc) is 2.61. The Morgan fingerprint density at radius 3 is 2.83 bits per heavy atom. The minimum absolute atomic E-state index is 0.0138. The van der Waals surface area contributed by atoms with Crippen molar-refractivity contribution in [2.24, 2.45) is 0 Å². The van der Waals surface area contributed by atoms with E-state index in [1.807, 2.05) is 30.3 Å². The number of hydrogen-bond acceptors (Lipinski definition) is 3. The van der Waals surface area contributed by atoms with E-state index >= 15 is 0 Å². The minimum Gasteiger partial charge on any atom is -0.493 e. The lowest BCUT2D eigenvalue weighted by molar-refractivity contribution is -0.123. The molecule has 1 amide bonds. The first-order valence-corrected chi connectivity index (χ1v) is 7.97. The Hall–Kier alpha value is -2.82. The van der Waals surface area contributed by atoms with E-state index in [4.69, 9.17) is 9.84 Å². The third kappa shape index (κ3) is 3.56. The molecule has 1 aliphatic rings. The second-order valence-corrected chi connectivity index (χ2v) is 5.77. The maximum absolute atomic E-state index is 12.5. The first-order valence-electron chi connectivity index (χ1n) is 7.97. The molecule has 2 aromatic rings. The van der Waals surface area contributed by atoms with Crippen LogP contribution in [-0.4, -0.2) is 30.1 Å². The molecule has 0 bridgehead atoms. The van der Waals surface area contributed by atoms with Crippen LogP contribution in [0.15, 0.2) is 48.5 Å². The van der Waals surface area contributed by atoms with Gasteiger partial charge in [-0.1, -0.05) is 30.3 Å². The Balaban J connectivity index is 1.59. The predicted molar refractivity (Wildman–Crippen MR) is 89.4 cm³/mol. The number of para-hydroxylation sites is 1. The van der Waals surface area contributed by atoms with Gasteiger partial charge in [-0.25, -0.2) is 4.79 Å². The van der Waals surface area contributed by atoms with Gasteiger partial charge in [0, 0.05) is 12.1 Å². The highest BCUT2D eigenvalue weighted by molar-refractivity contribution is 5.87. The third-order valence-corrected chi connectivity index (χ3v) is 4.16. The standard InChI is InChI=1S/C19H19NO4/c21-18(16-9-11-24-17-7-2-1-6-15(16)17)20-10-8-13-4-3-5-14(12-13)19(22)23/h1-7,12,16H,8-11H2,(H,20,21)(H,22,23)/t16-/m1/s1. The van der Waals surface area contributed by atoms with Crippen molar-refractivity contribution in [3.05, 3.63) is 65.2 Å². The predicted octanol–water partition coefficient (Wildman–Crippen LogP) is 2.61. The van der Waals surface area contributed by atoms with Gasteiger partial charge in [-0.15, -0.1) is 0 Å². The summed E-state index contributed by atoms with van der Waals surface area (Å²) in [6.07, 6.45) is 1.26. The molecule has 0 aromatic heterocycles. The molecule has 0 radical (unpaired) electrons. The van der Waals surface area contributed by atoms with Gasteiger partial charge in [-0.3, -0.25) is 4.79 Å². The van der Waals surface area contributed by atoms with Gasteiger partial charge in [-0.2, -0.15) is 0 Å². The summed E-state index contributed by atoms with van der Waals surface area (Å²) >= 11 is 0. The highest BCUT2D eigenvalue weighted by Gasteiger charge is 2.26. The normalized spacial score (nSPS) is 15.9. The Morgan fingerprint density at radius 1 is 1.17 bits per heavy atom. The molecular formula is C19H19NO4. The van der Waals surface area contributed by atoms with E-state index in [0.717, 1.165) is 16.9 Å². The van der Waals surface area contributed by atoms with Crippen molar-refractivity contribution >= 4 is 11.9 Å². The van der Waals surface area contributed by atoms with Crippen LogP contribution < -0.4 is 10.1 Å². The molecule has 0 fully saturated rings. The maximum Gasteiger partial charge on any atom is 0.335 e. The molecule has 5 heteroatoms. The van der Waals surface area contributed by atoms with E-state index < -0.39 is 5.97 Å². The lowest BCUT2D eigenvalue weighted by atomic mass is 9.92. The van der Waals surface area contributed by atoms with Crippen molar-refractivity contribution in [3.8, 4) is 5.75 Å². The van der Waals surface area contributed by atoms with Gasteiger partial charge in [0.15, 0.2) is 0 Å². The highest BCUT2D eigenvalue weighted by atomic mass is 16.5. The fraction of sp³-hybridized carbons (Fsp3) is 0.263. The van der Waals surface area contributed by atoms with Crippen LogP contribution in [0.25, 0.3) is 0 Å². The van der Waals surface area contributed by atoms with Crippen molar-refractivity contribution in [2.45, 2.75) is 18.8 Å². The number of hydrogen-bond donors (Lipinski definition) is 2. The summed E-state index contributed by atoms with van der Waals surface area (Å²) < 4.78 is 5.58. The summed E-state index contributed by atoms with van der Waals surface area (Å²) in [7, 11) is 0. The van der Waals surface area contributed by atoms with Gasteiger partial charge in [-0.05, 0) is 36.6 Å². The van der Waals surface area contributed by atoms with Crippen molar-refractivity contribution in [1.82, 2.24) is 5.32 Å². The van der Waals surface area contributed by atoms with Gasteiger partial charge < -0.3 is 15.2 Å². The Labute approximate surface area is 140 Å². The fourth-order valence-corrected chi connectivity index (χ4v) is 2.93. The van der Waals surface area contributed by atoms with E-state index in [1.54, 1.807) is 18.2 Å². The summed E-state index contributed by atoms with van der Waals surface area (Å²) in [6, 6.07) is 14.4. The number of carbonyl (C=O) groups excluding carboxylic acids is 1. The molecule has 0 aliphatic carbocycles. The van der Waals surface area contributed by atoms with E-state index in [9.17, 15) is 9.59 Å². The molecular weight excluding hydrogens is 306 g/mol. The largest absolute Gasteiger partial charge is 0.493 e. The van der Waals surface area contributed by atoms with Crippen LogP contribution in [-0.2, 0) is 11.2 Å². The van der Waals surface area contributed by atoms with Crippen LogP contribution in [0.4, 0.5) is 0 Å². The van der Waals surface area contributed by atoms with E-state index in [1.165, 1.54) is 0 Å². The molecule has 24 heavy (non-hydrogen) atoms. The Kier molecular flexibility index (Phi) is 4.79. The number of carboxylic acids is 1. The van der Waals surface area contributed by atoms with E-state index in [0.29, 0.717) is 26.0 Å². The van der Waals surface area contributed by atoms with E-state index in [-0.39, 0.29) is 17.4 Å². The van der Waals surface area contributed by atoms with Crippen LogP contribution in [0.5, 0.6) is 5.75 Å². The molecule has 1 atom stereocenters. The van der Waals surface area contributed by atoms with Crippen molar-refractivity contribution in [1.29, 1.82) is 0 Å². The zero-order valence-corrected chi connectivity index (χ0v) is 13.2. The molecule has 1 aliphatic heterocycles. The highest BCUT2D eigenvalue weighted by Crippen LogP contribution is 2.33. The average molecular weight is 325 g/mol. The summed E-state index contributed by atoms with van der Waals surface area (Å²) in [5.41, 5.74) is 2.08. The molecule has 0 spiro atoms. The van der Waals surface area contributed by atoms with E-state index in [2.05, 4.69) is 5.32 Å². The first-order chi connectivity index (χ1) is 11.6. The SMILES string of the molecule is O=C(O)c1cccc(CCNC(=O)[C@@H]2CCOc3ccccc32)c1. The number of carbonyl (C=O) groups is 2. The van der Waals surface area contributed by atoms with Crippen LogP contribution >= 0.6 is 0 Å². The van der Waals surface area contributed by atoms with Gasteiger partial charge >= 0.3 is 5.97 Å². The number of amides is 1. The maximum atomic E-state index is 12.5. The number of benzene rings is 2. The van der Waals surface area contributed by atoms with Crippen LogP contribution in [0.1, 0.15) is 33.8 Å². The topological polar surface area (TPSA) is 75.6 Å². The van der Waals surface area contributed by atoms with Crippen molar-refractivity contribution in [3.63, 3.8) is 0 Å².